The molecule has 0 saturated carbocycles. The van der Waals surface area contributed by atoms with E-state index in [0.29, 0.717) is 19.8 Å². The Morgan fingerprint density at radius 2 is 1.47 bits per heavy atom. The topological polar surface area (TPSA) is 40.2 Å². The number of hydrogen-bond donors (Lipinski definition) is 0. The van der Waals surface area contributed by atoms with Gasteiger partial charge in [-0.2, -0.15) is 0 Å². The second-order valence-electron chi connectivity index (χ2n) is 4.05. The van der Waals surface area contributed by atoms with Gasteiger partial charge in [0.2, 0.25) is 0 Å². The molecule has 0 aromatic rings. The van der Waals surface area contributed by atoms with Gasteiger partial charge in [0.1, 0.15) is 0 Å². The van der Waals surface area contributed by atoms with Crippen LogP contribution in [0.4, 0.5) is 0 Å². The third-order valence-corrected chi connectivity index (χ3v) is 7.54. The van der Waals surface area contributed by atoms with Gasteiger partial charge >= 0.3 is 94.0 Å². The van der Waals surface area contributed by atoms with E-state index >= 15 is 0 Å². The quantitative estimate of drug-likeness (QED) is 0.676. The maximum absolute atomic E-state index is 5.78. The number of rotatable bonds is 2. The molecule has 3 rings (SSSR count). The van der Waals surface area contributed by atoms with Crippen LogP contribution in [-0.2, 0) is 15.1 Å². The first-order chi connectivity index (χ1) is 7.20. The van der Waals surface area contributed by atoms with E-state index in [1.165, 1.54) is 0 Å². The molecule has 3 aliphatic heterocycles. The molecule has 0 aliphatic carbocycles. The van der Waals surface area contributed by atoms with Crippen molar-refractivity contribution in [2.24, 2.45) is 0 Å². The average Bonchev–Trinajstić information content (AvgIpc) is 2.05. The summed E-state index contributed by atoms with van der Waals surface area (Å²) in [5, 5.41) is 0. The summed E-state index contributed by atoms with van der Waals surface area (Å²) in [5.41, 5.74) is 0. The molecule has 3 heterocycles. The molecule has 3 fully saturated rings. The van der Waals surface area contributed by atoms with Crippen molar-refractivity contribution >= 4 is 14.6 Å². The van der Waals surface area contributed by atoms with Gasteiger partial charge in [-0.3, -0.25) is 0 Å². The Morgan fingerprint density at radius 3 is 1.87 bits per heavy atom. The molecule has 0 aromatic carbocycles. The zero-order chi connectivity index (χ0) is 10.7. The Kier molecular flexibility index (Phi) is 4.03. The van der Waals surface area contributed by atoms with Crippen LogP contribution in [0.5, 0.6) is 0 Å². The zero-order valence-electron chi connectivity index (χ0n) is 9.40. The summed E-state index contributed by atoms with van der Waals surface area (Å²) in [4.78, 5) is 2.29. The van der Waals surface area contributed by atoms with Gasteiger partial charge in [-0.05, 0) is 0 Å². The third kappa shape index (κ3) is 3.15. The van der Waals surface area contributed by atoms with Crippen molar-refractivity contribution in [1.29, 1.82) is 0 Å². The number of fused-ring (bicyclic) bond motifs is 6. The first-order valence-electron chi connectivity index (χ1n) is 5.52. The molecule has 0 aromatic heterocycles. The normalized spacial score (nSPS) is 37.4. The fourth-order valence-electron chi connectivity index (χ4n) is 1.75. The van der Waals surface area contributed by atoms with Crippen molar-refractivity contribution in [2.75, 3.05) is 39.5 Å². The molecule has 88 valence electrons. The van der Waals surface area contributed by atoms with Crippen molar-refractivity contribution < 1.29 is 15.1 Å². The van der Waals surface area contributed by atoms with Crippen LogP contribution in [0.15, 0.2) is 0 Å². The van der Waals surface area contributed by atoms with Gasteiger partial charge in [-0.15, -0.1) is 0 Å². The molecule has 6 heteroatoms. The summed E-state index contributed by atoms with van der Waals surface area (Å²) in [5.74, 6) is 0. The van der Waals surface area contributed by atoms with Gasteiger partial charge in [-0.1, -0.05) is 0 Å². The molecular formula is C9H19GeNO4. The molecule has 2 bridgehead atoms. The van der Waals surface area contributed by atoms with Crippen molar-refractivity contribution in [3.63, 3.8) is 0 Å². The van der Waals surface area contributed by atoms with Crippen molar-refractivity contribution in [1.82, 2.24) is 4.90 Å². The number of nitrogens with zero attached hydrogens (tertiary/aromatic N) is 1. The summed E-state index contributed by atoms with van der Waals surface area (Å²) < 4.78 is 23.0. The number of hydrogen-bond acceptors (Lipinski definition) is 5. The van der Waals surface area contributed by atoms with Crippen LogP contribution in [0.3, 0.4) is 0 Å². The Bertz CT molecular complexity index is 188. The van der Waals surface area contributed by atoms with Crippen molar-refractivity contribution in [2.45, 2.75) is 20.0 Å². The van der Waals surface area contributed by atoms with Gasteiger partial charge in [0.05, 0.1) is 0 Å². The minimum atomic E-state index is -3.36. The standard InChI is InChI=1S/C9H19GeNO4/c1-9(2)15-10-12-6-3-11(4-7-13-10)5-8-14-10/h9H,3-8H2,1-2H3. The second kappa shape index (κ2) is 5.12. The van der Waals surface area contributed by atoms with Crippen LogP contribution in [-0.4, -0.2) is 65.1 Å². The van der Waals surface area contributed by atoms with E-state index in [0.717, 1.165) is 19.6 Å². The van der Waals surface area contributed by atoms with Gasteiger partial charge < -0.3 is 0 Å². The SMILES string of the molecule is CC(C)[O][Ge]12[O]CCN(CC[O]1)CC[O]2. The van der Waals surface area contributed by atoms with Gasteiger partial charge in [0.25, 0.3) is 0 Å². The Hall–Kier alpha value is 0.343. The van der Waals surface area contributed by atoms with Crippen LogP contribution in [0, 0.1) is 0 Å². The molecule has 3 saturated heterocycles. The predicted molar refractivity (Wildman–Crippen MR) is 56.3 cm³/mol. The molecule has 0 atom stereocenters. The van der Waals surface area contributed by atoms with Crippen LogP contribution in [0.25, 0.3) is 0 Å². The first-order valence-corrected chi connectivity index (χ1v) is 8.95. The summed E-state index contributed by atoms with van der Waals surface area (Å²) >= 11 is -3.36. The fraction of sp³-hybridized carbons (Fsp3) is 1.00. The summed E-state index contributed by atoms with van der Waals surface area (Å²) in [6.07, 6.45) is 0.0972. The van der Waals surface area contributed by atoms with Gasteiger partial charge in [0, 0.05) is 0 Å². The Balaban J connectivity index is 2.05. The molecule has 5 nitrogen and oxygen atoms in total. The van der Waals surface area contributed by atoms with Crippen LogP contribution < -0.4 is 0 Å². The van der Waals surface area contributed by atoms with Crippen LogP contribution in [0.2, 0.25) is 0 Å². The predicted octanol–water partition coefficient (Wildman–Crippen LogP) is 0.226. The molecule has 0 N–H and O–H groups in total. The van der Waals surface area contributed by atoms with Crippen molar-refractivity contribution in [3.8, 4) is 0 Å². The van der Waals surface area contributed by atoms with E-state index in [1.807, 2.05) is 13.8 Å². The monoisotopic (exact) mass is 279 g/mol. The van der Waals surface area contributed by atoms with E-state index < -0.39 is 14.6 Å². The average molecular weight is 278 g/mol. The molecule has 3 aliphatic rings. The van der Waals surface area contributed by atoms with Gasteiger partial charge in [-0.25, -0.2) is 0 Å². The van der Waals surface area contributed by atoms with Gasteiger partial charge in [0.15, 0.2) is 0 Å². The molecule has 15 heavy (non-hydrogen) atoms. The molecule has 0 amide bonds. The second-order valence-corrected chi connectivity index (χ2v) is 8.46. The Morgan fingerprint density at radius 1 is 1.00 bits per heavy atom. The van der Waals surface area contributed by atoms with E-state index in [1.54, 1.807) is 0 Å². The van der Waals surface area contributed by atoms with E-state index in [4.69, 9.17) is 15.1 Å². The van der Waals surface area contributed by atoms with Crippen LogP contribution in [0.1, 0.15) is 13.8 Å². The summed E-state index contributed by atoms with van der Waals surface area (Å²) in [6.45, 7) is 8.83. The maximum atomic E-state index is 5.78. The zero-order valence-corrected chi connectivity index (χ0v) is 11.5. The van der Waals surface area contributed by atoms with Crippen molar-refractivity contribution in [3.05, 3.63) is 0 Å². The van der Waals surface area contributed by atoms with Crippen LogP contribution >= 0.6 is 0 Å². The third-order valence-electron chi connectivity index (χ3n) is 2.44. The molecular weight excluding hydrogens is 259 g/mol. The first kappa shape index (κ1) is 11.8. The summed E-state index contributed by atoms with van der Waals surface area (Å²) in [6, 6.07) is 0. The fourth-order valence-corrected chi connectivity index (χ4v) is 6.06. The minimum absolute atomic E-state index is 0.0972. The van der Waals surface area contributed by atoms with E-state index in [2.05, 4.69) is 4.90 Å². The summed E-state index contributed by atoms with van der Waals surface area (Å²) in [7, 11) is 0. The molecule has 0 spiro atoms. The molecule has 0 unspecified atom stereocenters. The molecule has 0 radical (unpaired) electrons. The Labute approximate surface area is 94.3 Å². The van der Waals surface area contributed by atoms with E-state index in [-0.39, 0.29) is 6.10 Å². The van der Waals surface area contributed by atoms with E-state index in [9.17, 15) is 0 Å².